The Kier molecular flexibility index (Phi) is 5.54. The number of ether oxygens (including phenoxy) is 4. The van der Waals surface area contributed by atoms with Gasteiger partial charge < -0.3 is 18.9 Å². The van der Waals surface area contributed by atoms with Crippen molar-refractivity contribution >= 4 is 12.0 Å². The topological polar surface area (TPSA) is 74.3 Å². The van der Waals surface area contributed by atoms with Gasteiger partial charge in [0.15, 0.2) is 11.5 Å². The fourth-order valence-electron chi connectivity index (χ4n) is 2.71. The van der Waals surface area contributed by atoms with Gasteiger partial charge in [-0.2, -0.15) is 0 Å². The van der Waals surface area contributed by atoms with E-state index in [1.54, 1.807) is 12.1 Å². The van der Waals surface area contributed by atoms with E-state index in [1.807, 2.05) is 13.8 Å². The van der Waals surface area contributed by atoms with E-state index in [0.29, 0.717) is 22.8 Å². The van der Waals surface area contributed by atoms with E-state index in [-0.39, 0.29) is 30.9 Å². The average Bonchev–Trinajstić information content (AvgIpc) is 2.95. The number of hydrogen-bond donors (Lipinski definition) is 0. The van der Waals surface area contributed by atoms with Crippen molar-refractivity contribution in [3.8, 4) is 17.2 Å². The maximum atomic E-state index is 12.6. The molecule has 0 spiro atoms. The van der Waals surface area contributed by atoms with Gasteiger partial charge in [0.2, 0.25) is 11.7 Å². The Morgan fingerprint density at radius 3 is 2.25 bits per heavy atom. The highest BCUT2D eigenvalue weighted by Gasteiger charge is 2.39. The van der Waals surface area contributed by atoms with E-state index in [1.165, 1.54) is 26.2 Å². The number of rotatable bonds is 6. The summed E-state index contributed by atoms with van der Waals surface area (Å²) >= 11 is 0. The van der Waals surface area contributed by atoms with Crippen LogP contribution in [0.4, 0.5) is 4.79 Å². The van der Waals surface area contributed by atoms with Crippen LogP contribution in [0, 0.1) is 5.92 Å². The van der Waals surface area contributed by atoms with Crippen LogP contribution in [0.15, 0.2) is 12.1 Å². The van der Waals surface area contributed by atoms with E-state index < -0.39 is 6.09 Å². The zero-order valence-corrected chi connectivity index (χ0v) is 14.6. The van der Waals surface area contributed by atoms with Crippen LogP contribution >= 0.6 is 0 Å². The quantitative estimate of drug-likeness (QED) is 0.793. The average molecular weight is 337 g/mol. The van der Waals surface area contributed by atoms with Crippen molar-refractivity contribution in [2.75, 3.05) is 27.9 Å². The lowest BCUT2D eigenvalue weighted by Gasteiger charge is -2.22. The Morgan fingerprint density at radius 1 is 1.21 bits per heavy atom. The normalized spacial score (nSPS) is 17.0. The molecular weight excluding hydrogens is 314 g/mol. The molecule has 0 aliphatic carbocycles. The maximum absolute atomic E-state index is 12.6. The minimum Gasteiger partial charge on any atom is -0.493 e. The standard InChI is InChI=1S/C17H23NO6/c1-10(2)12-9-24-17(20)18(12)15(19)8-11-6-13(21-3)16(23-5)14(7-11)22-4/h6-7,10,12H,8-9H2,1-5H3/t12-/m1/s1. The van der Waals surface area contributed by atoms with E-state index in [2.05, 4.69) is 0 Å². The van der Waals surface area contributed by atoms with Gasteiger partial charge in [-0.3, -0.25) is 4.79 Å². The van der Waals surface area contributed by atoms with Gasteiger partial charge in [-0.1, -0.05) is 13.8 Å². The van der Waals surface area contributed by atoms with Crippen molar-refractivity contribution in [2.45, 2.75) is 26.3 Å². The summed E-state index contributed by atoms with van der Waals surface area (Å²) in [6.07, 6.45) is -0.555. The Balaban J connectivity index is 2.27. The fourth-order valence-corrected chi connectivity index (χ4v) is 2.71. The molecule has 0 aromatic heterocycles. The number of cyclic esters (lactones) is 1. The lowest BCUT2D eigenvalue weighted by molar-refractivity contribution is -0.129. The van der Waals surface area contributed by atoms with Gasteiger partial charge in [0.1, 0.15) is 6.61 Å². The SMILES string of the molecule is COc1cc(CC(=O)N2C(=O)OC[C@@H]2C(C)C)cc(OC)c1OC. The summed E-state index contributed by atoms with van der Waals surface area (Å²) in [6, 6.07) is 3.16. The molecule has 1 aromatic rings. The number of nitrogens with zero attached hydrogens (tertiary/aromatic N) is 1. The third kappa shape index (κ3) is 3.39. The summed E-state index contributed by atoms with van der Waals surface area (Å²) in [6.45, 7) is 4.14. The number of amides is 2. The van der Waals surface area contributed by atoms with Crippen LogP contribution in [0.5, 0.6) is 17.2 Å². The first-order chi connectivity index (χ1) is 11.4. The molecule has 1 saturated heterocycles. The van der Waals surface area contributed by atoms with E-state index in [0.717, 1.165) is 0 Å². The van der Waals surface area contributed by atoms with E-state index in [9.17, 15) is 9.59 Å². The van der Waals surface area contributed by atoms with Gasteiger partial charge in [0, 0.05) is 0 Å². The molecule has 1 heterocycles. The van der Waals surface area contributed by atoms with Gasteiger partial charge in [-0.05, 0) is 23.6 Å². The van der Waals surface area contributed by atoms with Crippen LogP contribution in [0.3, 0.4) is 0 Å². The molecule has 132 valence electrons. The summed E-state index contributed by atoms with van der Waals surface area (Å²) in [5.74, 6) is 1.19. The van der Waals surface area contributed by atoms with Crippen LogP contribution in [-0.2, 0) is 16.0 Å². The first-order valence-electron chi connectivity index (χ1n) is 7.70. The molecule has 7 heteroatoms. The summed E-state index contributed by atoms with van der Waals surface area (Å²) < 4.78 is 20.9. The van der Waals surface area contributed by atoms with Crippen molar-refractivity contribution in [2.24, 2.45) is 5.92 Å². The Morgan fingerprint density at radius 2 is 1.79 bits per heavy atom. The second-order valence-electron chi connectivity index (χ2n) is 5.86. The molecule has 0 unspecified atom stereocenters. The predicted molar refractivity (Wildman–Crippen MR) is 86.6 cm³/mol. The highest BCUT2D eigenvalue weighted by Crippen LogP contribution is 2.38. The summed E-state index contributed by atoms with van der Waals surface area (Å²) in [7, 11) is 4.53. The van der Waals surface area contributed by atoms with Crippen molar-refractivity contribution < 1.29 is 28.5 Å². The molecule has 1 atom stereocenters. The molecule has 1 aliphatic rings. The highest BCUT2D eigenvalue weighted by molar-refractivity contribution is 5.94. The third-order valence-electron chi connectivity index (χ3n) is 4.02. The lowest BCUT2D eigenvalue weighted by Crippen LogP contribution is -2.42. The van der Waals surface area contributed by atoms with Crippen LogP contribution in [0.1, 0.15) is 19.4 Å². The molecule has 1 fully saturated rings. The van der Waals surface area contributed by atoms with Gasteiger partial charge in [-0.25, -0.2) is 9.69 Å². The Hall–Kier alpha value is -2.44. The first kappa shape index (κ1) is 17.9. The van der Waals surface area contributed by atoms with Crippen LogP contribution in [0.2, 0.25) is 0 Å². The summed E-state index contributed by atoms with van der Waals surface area (Å²) in [5.41, 5.74) is 0.664. The molecule has 0 radical (unpaired) electrons. The molecule has 24 heavy (non-hydrogen) atoms. The highest BCUT2D eigenvalue weighted by atomic mass is 16.6. The van der Waals surface area contributed by atoms with Gasteiger partial charge in [-0.15, -0.1) is 0 Å². The molecule has 0 saturated carbocycles. The van der Waals surface area contributed by atoms with Crippen molar-refractivity contribution in [1.29, 1.82) is 0 Å². The molecule has 2 amide bonds. The zero-order valence-electron chi connectivity index (χ0n) is 14.6. The summed E-state index contributed by atoms with van der Waals surface area (Å²) in [4.78, 5) is 25.7. The Labute approximate surface area is 141 Å². The summed E-state index contributed by atoms with van der Waals surface area (Å²) in [5, 5.41) is 0. The third-order valence-corrected chi connectivity index (χ3v) is 4.02. The van der Waals surface area contributed by atoms with Crippen LogP contribution in [-0.4, -0.2) is 50.9 Å². The number of carbonyl (C=O) groups excluding carboxylic acids is 2. The fraction of sp³-hybridized carbons (Fsp3) is 0.529. The Bertz CT molecular complexity index is 603. The molecule has 1 aliphatic heterocycles. The molecule has 7 nitrogen and oxygen atoms in total. The molecular formula is C17H23NO6. The first-order valence-corrected chi connectivity index (χ1v) is 7.70. The van der Waals surface area contributed by atoms with Gasteiger partial charge >= 0.3 is 6.09 Å². The second-order valence-corrected chi connectivity index (χ2v) is 5.86. The van der Waals surface area contributed by atoms with Crippen molar-refractivity contribution in [1.82, 2.24) is 4.90 Å². The number of methoxy groups -OCH3 is 3. The number of benzene rings is 1. The molecule has 1 aromatic carbocycles. The predicted octanol–water partition coefficient (Wildman–Crippen LogP) is 2.26. The number of imide groups is 1. The minimum atomic E-state index is -0.592. The van der Waals surface area contributed by atoms with Gasteiger partial charge in [0.25, 0.3) is 0 Å². The van der Waals surface area contributed by atoms with E-state index >= 15 is 0 Å². The monoisotopic (exact) mass is 337 g/mol. The molecule has 0 N–H and O–H groups in total. The smallest absolute Gasteiger partial charge is 0.416 e. The maximum Gasteiger partial charge on any atom is 0.416 e. The lowest BCUT2D eigenvalue weighted by atomic mass is 10.0. The van der Waals surface area contributed by atoms with Crippen molar-refractivity contribution in [3.05, 3.63) is 17.7 Å². The largest absolute Gasteiger partial charge is 0.493 e. The van der Waals surface area contributed by atoms with Crippen LogP contribution < -0.4 is 14.2 Å². The number of hydrogen-bond acceptors (Lipinski definition) is 6. The second kappa shape index (κ2) is 7.42. The van der Waals surface area contributed by atoms with Crippen LogP contribution in [0.25, 0.3) is 0 Å². The van der Waals surface area contributed by atoms with Crippen molar-refractivity contribution in [3.63, 3.8) is 0 Å². The van der Waals surface area contributed by atoms with E-state index in [4.69, 9.17) is 18.9 Å². The molecule has 0 bridgehead atoms. The zero-order chi connectivity index (χ0) is 17.9. The minimum absolute atomic E-state index is 0.0367. The number of carbonyl (C=O) groups is 2. The molecule has 2 rings (SSSR count). The van der Waals surface area contributed by atoms with Gasteiger partial charge in [0.05, 0.1) is 33.8 Å².